The van der Waals surface area contributed by atoms with Crippen molar-refractivity contribution in [1.82, 2.24) is 14.5 Å². The third-order valence-electron chi connectivity index (χ3n) is 4.14. The van der Waals surface area contributed by atoms with Gasteiger partial charge in [-0.25, -0.2) is 13.4 Å². The molecule has 1 aromatic carbocycles. The topological polar surface area (TPSA) is 74.1 Å². The van der Waals surface area contributed by atoms with Gasteiger partial charge in [-0.1, -0.05) is 32.0 Å². The molecular formula is C18H22ClN3O3S. The van der Waals surface area contributed by atoms with E-state index in [0.717, 1.165) is 27.8 Å². The van der Waals surface area contributed by atoms with Crippen LogP contribution in [0.15, 0.2) is 30.5 Å². The molecule has 0 aliphatic heterocycles. The first-order valence-corrected chi connectivity index (χ1v) is 10.9. The highest BCUT2D eigenvalue weighted by molar-refractivity contribution is 8.13. The monoisotopic (exact) mass is 395 g/mol. The van der Waals surface area contributed by atoms with Crippen molar-refractivity contribution in [3.05, 3.63) is 36.3 Å². The van der Waals surface area contributed by atoms with E-state index in [-0.39, 0.29) is 5.75 Å². The van der Waals surface area contributed by atoms with Gasteiger partial charge in [0.05, 0.1) is 23.0 Å². The number of halogens is 1. The number of imidazole rings is 1. The highest BCUT2D eigenvalue weighted by Gasteiger charge is 2.28. The average Bonchev–Trinajstić information content (AvgIpc) is 2.88. The van der Waals surface area contributed by atoms with Crippen molar-refractivity contribution in [1.29, 1.82) is 0 Å². The van der Waals surface area contributed by atoms with Crippen LogP contribution in [0.3, 0.4) is 0 Å². The van der Waals surface area contributed by atoms with Gasteiger partial charge in [0, 0.05) is 29.2 Å². The number of hydrogen-bond acceptors (Lipinski definition) is 5. The van der Waals surface area contributed by atoms with Gasteiger partial charge in [-0.2, -0.15) is 0 Å². The molecule has 0 aliphatic carbocycles. The number of fused-ring (bicyclic) bond motifs is 3. The minimum atomic E-state index is -3.62. The first-order valence-electron chi connectivity index (χ1n) is 8.43. The Bertz CT molecular complexity index is 1040. The fraction of sp³-hybridized carbons (Fsp3) is 0.444. The number of nitrogens with zero attached hydrogens (tertiary/aromatic N) is 3. The van der Waals surface area contributed by atoms with Gasteiger partial charge in [-0.15, -0.1) is 0 Å². The Kier molecular flexibility index (Phi) is 5.23. The Morgan fingerprint density at radius 2 is 1.96 bits per heavy atom. The van der Waals surface area contributed by atoms with Crippen LogP contribution in [-0.2, 0) is 26.9 Å². The summed E-state index contributed by atoms with van der Waals surface area (Å²) in [4.78, 5) is 9.14. The lowest BCUT2D eigenvalue weighted by Gasteiger charge is -2.25. The molecule has 0 spiro atoms. The Morgan fingerprint density at radius 1 is 1.23 bits per heavy atom. The molecule has 3 rings (SSSR count). The summed E-state index contributed by atoms with van der Waals surface area (Å²) in [6.45, 7) is 7.06. The van der Waals surface area contributed by atoms with Crippen molar-refractivity contribution in [2.75, 3.05) is 12.4 Å². The Balaban J connectivity index is 2.17. The van der Waals surface area contributed by atoms with E-state index in [1.54, 1.807) is 6.20 Å². The van der Waals surface area contributed by atoms with E-state index in [0.29, 0.717) is 19.8 Å². The largest absolute Gasteiger partial charge is 0.374 e. The summed E-state index contributed by atoms with van der Waals surface area (Å²) in [5.41, 5.74) is 2.00. The van der Waals surface area contributed by atoms with Crippen molar-refractivity contribution in [3.63, 3.8) is 0 Å². The van der Waals surface area contributed by atoms with Crippen LogP contribution in [0, 0.1) is 5.41 Å². The molecule has 2 heterocycles. The van der Waals surface area contributed by atoms with Gasteiger partial charge in [-0.05, 0) is 18.4 Å². The van der Waals surface area contributed by atoms with Gasteiger partial charge in [0.25, 0.3) is 0 Å². The highest BCUT2D eigenvalue weighted by atomic mass is 35.7. The van der Waals surface area contributed by atoms with E-state index in [2.05, 4.69) is 9.97 Å². The standard InChI is InChI=1S/C18H22ClN3O3S/c1-4-25-10-16-21-15-9-20-14-8-6-5-7-13(14)17(15)22(16)11-18(2,3)12-26(19,23)24/h5-9H,4,10-12H2,1-3H3. The number of aromatic nitrogens is 3. The Morgan fingerprint density at radius 3 is 2.65 bits per heavy atom. The van der Waals surface area contributed by atoms with Crippen LogP contribution in [0.4, 0.5) is 0 Å². The second-order valence-electron chi connectivity index (χ2n) is 7.11. The third-order valence-corrected chi connectivity index (χ3v) is 5.60. The SMILES string of the molecule is CCOCc1nc2cnc3ccccc3c2n1CC(C)(C)CS(=O)(=O)Cl. The molecule has 26 heavy (non-hydrogen) atoms. The van der Waals surface area contributed by atoms with Gasteiger partial charge in [0.2, 0.25) is 9.05 Å². The predicted octanol–water partition coefficient (Wildman–Crippen LogP) is 3.72. The maximum absolute atomic E-state index is 11.6. The third kappa shape index (κ3) is 4.16. The first-order chi connectivity index (χ1) is 12.2. The molecule has 8 heteroatoms. The molecule has 140 valence electrons. The normalized spacial score (nSPS) is 12.9. The van der Waals surface area contributed by atoms with Crippen molar-refractivity contribution in [2.24, 2.45) is 5.41 Å². The van der Waals surface area contributed by atoms with Crippen LogP contribution >= 0.6 is 10.7 Å². The molecule has 6 nitrogen and oxygen atoms in total. The summed E-state index contributed by atoms with van der Waals surface area (Å²) in [7, 11) is 1.89. The fourth-order valence-electron chi connectivity index (χ4n) is 3.22. The smallest absolute Gasteiger partial charge is 0.233 e. The molecular weight excluding hydrogens is 374 g/mol. The summed E-state index contributed by atoms with van der Waals surface area (Å²) in [6.07, 6.45) is 1.74. The zero-order chi connectivity index (χ0) is 18.9. The summed E-state index contributed by atoms with van der Waals surface area (Å²) < 4.78 is 30.8. The second-order valence-corrected chi connectivity index (χ2v) is 9.88. The maximum atomic E-state index is 11.6. The molecule has 0 saturated carbocycles. The minimum absolute atomic E-state index is 0.127. The molecule has 0 amide bonds. The molecule has 0 radical (unpaired) electrons. The number of benzene rings is 1. The van der Waals surface area contributed by atoms with Crippen molar-refractivity contribution in [3.8, 4) is 0 Å². The Hall–Kier alpha value is -1.70. The van der Waals surface area contributed by atoms with E-state index in [1.807, 2.05) is 49.6 Å². The number of rotatable bonds is 7. The lowest BCUT2D eigenvalue weighted by molar-refractivity contribution is 0.124. The van der Waals surface area contributed by atoms with Gasteiger partial charge >= 0.3 is 0 Å². The van der Waals surface area contributed by atoms with Crippen molar-refractivity contribution >= 4 is 41.7 Å². The zero-order valence-electron chi connectivity index (χ0n) is 15.1. The Labute approximate surface area is 157 Å². The lowest BCUT2D eigenvalue weighted by atomic mass is 9.96. The molecule has 0 saturated heterocycles. The van der Waals surface area contributed by atoms with Crippen LogP contribution in [-0.4, -0.2) is 35.3 Å². The predicted molar refractivity (Wildman–Crippen MR) is 104 cm³/mol. The number of pyridine rings is 1. The van der Waals surface area contributed by atoms with Crippen LogP contribution in [0.5, 0.6) is 0 Å². The van der Waals surface area contributed by atoms with Gasteiger partial charge in [0.15, 0.2) is 0 Å². The van der Waals surface area contributed by atoms with E-state index in [9.17, 15) is 8.42 Å². The molecule has 0 aliphatic rings. The van der Waals surface area contributed by atoms with Crippen LogP contribution in [0.1, 0.15) is 26.6 Å². The second kappa shape index (κ2) is 7.13. The summed E-state index contributed by atoms with van der Waals surface area (Å²) in [5, 5.41) is 0.977. The molecule has 0 fully saturated rings. The van der Waals surface area contributed by atoms with Crippen molar-refractivity contribution in [2.45, 2.75) is 33.9 Å². The number of para-hydroxylation sites is 1. The molecule has 0 atom stereocenters. The van der Waals surface area contributed by atoms with E-state index < -0.39 is 14.5 Å². The molecule has 0 N–H and O–H groups in total. The lowest BCUT2D eigenvalue weighted by Crippen LogP contribution is -2.28. The van der Waals surface area contributed by atoms with E-state index in [4.69, 9.17) is 15.4 Å². The molecule has 2 aromatic heterocycles. The highest BCUT2D eigenvalue weighted by Crippen LogP contribution is 2.30. The van der Waals surface area contributed by atoms with Crippen molar-refractivity contribution < 1.29 is 13.2 Å². The first kappa shape index (κ1) is 19.1. The number of ether oxygens (including phenoxy) is 1. The van der Waals surface area contributed by atoms with Gasteiger partial charge < -0.3 is 9.30 Å². The molecule has 0 bridgehead atoms. The van der Waals surface area contributed by atoms with Gasteiger partial charge in [-0.3, -0.25) is 4.98 Å². The molecule has 0 unspecified atom stereocenters. The fourth-order valence-corrected chi connectivity index (χ4v) is 5.14. The number of hydrogen-bond donors (Lipinski definition) is 0. The zero-order valence-corrected chi connectivity index (χ0v) is 16.6. The molecule has 3 aromatic rings. The summed E-state index contributed by atoms with van der Waals surface area (Å²) in [5.74, 6) is 0.623. The maximum Gasteiger partial charge on any atom is 0.233 e. The van der Waals surface area contributed by atoms with Crippen LogP contribution in [0.2, 0.25) is 0 Å². The van der Waals surface area contributed by atoms with Crippen LogP contribution in [0.25, 0.3) is 21.9 Å². The quantitative estimate of drug-likeness (QED) is 0.570. The van der Waals surface area contributed by atoms with E-state index >= 15 is 0 Å². The van der Waals surface area contributed by atoms with Gasteiger partial charge in [0.1, 0.15) is 17.9 Å². The summed E-state index contributed by atoms with van der Waals surface area (Å²) in [6, 6.07) is 7.84. The summed E-state index contributed by atoms with van der Waals surface area (Å²) >= 11 is 0. The minimum Gasteiger partial charge on any atom is -0.374 e. The average molecular weight is 396 g/mol. The van der Waals surface area contributed by atoms with E-state index in [1.165, 1.54) is 0 Å². The van der Waals surface area contributed by atoms with Crippen LogP contribution < -0.4 is 0 Å².